The first-order chi connectivity index (χ1) is 12.1. The number of likely N-dealkylation sites (tertiary alicyclic amines) is 1. The molecule has 1 atom stereocenters. The van der Waals surface area contributed by atoms with Gasteiger partial charge >= 0.3 is 0 Å². The van der Waals surface area contributed by atoms with Gasteiger partial charge in [0.2, 0.25) is 11.9 Å². The van der Waals surface area contributed by atoms with Gasteiger partial charge < -0.3 is 0 Å². The van der Waals surface area contributed by atoms with Gasteiger partial charge in [0.15, 0.2) is 0 Å². The number of carbonyl (C=O) groups excluding carboxylic acids is 1. The van der Waals surface area contributed by atoms with Crippen LogP contribution in [0.15, 0.2) is 36.8 Å². The van der Waals surface area contributed by atoms with Crippen LogP contribution in [0.3, 0.4) is 0 Å². The maximum atomic E-state index is 12.4. The van der Waals surface area contributed by atoms with Crippen molar-refractivity contribution in [2.45, 2.75) is 18.9 Å². The van der Waals surface area contributed by atoms with Gasteiger partial charge in [-0.05, 0) is 38.1 Å². The van der Waals surface area contributed by atoms with Crippen LogP contribution in [0, 0.1) is 0 Å². The lowest BCUT2D eigenvalue weighted by Crippen LogP contribution is -2.37. The van der Waals surface area contributed by atoms with E-state index in [9.17, 15) is 4.79 Å². The molecule has 0 saturated carbocycles. The van der Waals surface area contributed by atoms with Crippen LogP contribution in [0.4, 0.5) is 5.95 Å². The van der Waals surface area contributed by atoms with E-state index >= 15 is 0 Å². The minimum Gasteiger partial charge on any atom is -0.295 e. The molecule has 1 saturated heterocycles. The Bertz CT molecular complexity index is 934. The number of anilines is 1. The average Bonchev–Trinajstić information content (AvgIpc) is 3.22. The quantitative estimate of drug-likeness (QED) is 0.792. The minimum absolute atomic E-state index is 0.0391. The summed E-state index contributed by atoms with van der Waals surface area (Å²) in [6, 6.07) is 5.90. The third kappa shape index (κ3) is 3.10. The molecule has 1 aliphatic rings. The average molecular weight is 336 g/mol. The Morgan fingerprint density at radius 3 is 2.84 bits per heavy atom. The Kier molecular flexibility index (Phi) is 3.93. The third-order valence-corrected chi connectivity index (χ3v) is 4.68. The SMILES string of the molecule is CN1CCC[C@@H]1C(=O)Nc1ncc2ccc(-c3cnn(C)c3)cc2n1. The van der Waals surface area contributed by atoms with E-state index in [1.165, 1.54) is 0 Å². The van der Waals surface area contributed by atoms with E-state index < -0.39 is 0 Å². The lowest BCUT2D eigenvalue weighted by atomic mass is 10.1. The molecular formula is C18H20N6O. The van der Waals surface area contributed by atoms with E-state index in [0.29, 0.717) is 5.95 Å². The van der Waals surface area contributed by atoms with Gasteiger partial charge in [-0.1, -0.05) is 12.1 Å². The number of nitrogens with one attached hydrogen (secondary N) is 1. The monoisotopic (exact) mass is 336 g/mol. The fourth-order valence-corrected chi connectivity index (χ4v) is 3.27. The standard InChI is InChI=1S/C18H20N6O/c1-23-7-3-4-16(23)17(25)22-18-19-9-13-6-5-12(8-15(13)21-18)14-10-20-24(2)11-14/h5-6,8-11,16H,3-4,7H2,1-2H3,(H,19,21,22,25)/t16-/m1/s1. The van der Waals surface area contributed by atoms with Gasteiger partial charge in [-0.3, -0.25) is 19.7 Å². The van der Waals surface area contributed by atoms with E-state index in [-0.39, 0.29) is 11.9 Å². The second kappa shape index (κ2) is 6.25. The number of hydrogen-bond donors (Lipinski definition) is 1. The molecule has 1 amide bonds. The maximum Gasteiger partial charge on any atom is 0.244 e. The van der Waals surface area contributed by atoms with Crippen molar-refractivity contribution in [2.75, 3.05) is 18.9 Å². The normalized spacial score (nSPS) is 17.9. The molecule has 128 valence electrons. The fourth-order valence-electron chi connectivity index (χ4n) is 3.27. The molecule has 2 aromatic heterocycles. The first-order valence-corrected chi connectivity index (χ1v) is 8.37. The van der Waals surface area contributed by atoms with E-state index in [1.807, 2.05) is 44.7 Å². The van der Waals surface area contributed by atoms with Gasteiger partial charge in [-0.15, -0.1) is 0 Å². The number of fused-ring (bicyclic) bond motifs is 1. The molecule has 0 aliphatic carbocycles. The Balaban J connectivity index is 1.61. The van der Waals surface area contributed by atoms with E-state index in [0.717, 1.165) is 41.4 Å². The van der Waals surface area contributed by atoms with Crippen molar-refractivity contribution in [3.8, 4) is 11.1 Å². The molecule has 3 heterocycles. The number of likely N-dealkylation sites (N-methyl/N-ethyl adjacent to an activating group) is 1. The van der Waals surface area contributed by atoms with Crippen molar-refractivity contribution < 1.29 is 4.79 Å². The van der Waals surface area contributed by atoms with Crippen LogP contribution in [-0.4, -0.2) is 50.2 Å². The number of aryl methyl sites for hydroxylation is 1. The molecule has 7 heteroatoms. The highest BCUT2D eigenvalue weighted by Gasteiger charge is 2.28. The summed E-state index contributed by atoms with van der Waals surface area (Å²) in [5.41, 5.74) is 2.86. The maximum absolute atomic E-state index is 12.4. The van der Waals surface area contributed by atoms with Crippen molar-refractivity contribution in [3.63, 3.8) is 0 Å². The van der Waals surface area contributed by atoms with E-state index in [4.69, 9.17) is 0 Å². The largest absolute Gasteiger partial charge is 0.295 e. The molecule has 7 nitrogen and oxygen atoms in total. The predicted molar refractivity (Wildman–Crippen MR) is 96.0 cm³/mol. The number of benzene rings is 1. The molecule has 1 fully saturated rings. The molecule has 0 bridgehead atoms. The topological polar surface area (TPSA) is 75.9 Å². The minimum atomic E-state index is -0.0963. The zero-order valence-electron chi connectivity index (χ0n) is 14.3. The van der Waals surface area contributed by atoms with Gasteiger partial charge in [0.05, 0.1) is 17.8 Å². The summed E-state index contributed by atoms with van der Waals surface area (Å²) < 4.78 is 1.77. The molecule has 1 N–H and O–H groups in total. The second-order valence-electron chi connectivity index (χ2n) is 6.50. The van der Waals surface area contributed by atoms with Gasteiger partial charge in [0, 0.05) is 30.4 Å². The third-order valence-electron chi connectivity index (χ3n) is 4.68. The van der Waals surface area contributed by atoms with E-state index in [1.54, 1.807) is 10.9 Å². The predicted octanol–water partition coefficient (Wildman–Crippen LogP) is 2.06. The van der Waals surface area contributed by atoms with Crippen LogP contribution in [0.25, 0.3) is 22.0 Å². The summed E-state index contributed by atoms with van der Waals surface area (Å²) in [4.78, 5) is 23.3. The summed E-state index contributed by atoms with van der Waals surface area (Å²) in [5.74, 6) is 0.309. The van der Waals surface area contributed by atoms with Gasteiger partial charge in [-0.25, -0.2) is 9.97 Å². The smallest absolute Gasteiger partial charge is 0.244 e. The van der Waals surface area contributed by atoms with Crippen LogP contribution >= 0.6 is 0 Å². The van der Waals surface area contributed by atoms with E-state index in [2.05, 4.69) is 25.3 Å². The van der Waals surface area contributed by atoms with Crippen LogP contribution in [-0.2, 0) is 11.8 Å². The number of amides is 1. The highest BCUT2D eigenvalue weighted by Crippen LogP contribution is 2.23. The number of rotatable bonds is 3. The lowest BCUT2D eigenvalue weighted by molar-refractivity contribution is -0.120. The zero-order chi connectivity index (χ0) is 17.4. The second-order valence-corrected chi connectivity index (χ2v) is 6.50. The molecular weight excluding hydrogens is 316 g/mol. The number of hydrogen-bond acceptors (Lipinski definition) is 5. The van der Waals surface area contributed by atoms with Crippen LogP contribution in [0.1, 0.15) is 12.8 Å². The summed E-state index contributed by atoms with van der Waals surface area (Å²) in [7, 11) is 3.86. The Morgan fingerprint density at radius 1 is 1.24 bits per heavy atom. The molecule has 3 aromatic rings. The highest BCUT2D eigenvalue weighted by molar-refractivity contribution is 5.94. The van der Waals surface area contributed by atoms with Crippen LogP contribution in [0.5, 0.6) is 0 Å². The van der Waals surface area contributed by atoms with Crippen molar-refractivity contribution >= 4 is 22.8 Å². The Morgan fingerprint density at radius 2 is 2.12 bits per heavy atom. The number of aromatic nitrogens is 4. The molecule has 1 aliphatic heterocycles. The molecule has 4 rings (SSSR count). The van der Waals surface area contributed by atoms with Crippen LogP contribution < -0.4 is 5.32 Å². The van der Waals surface area contributed by atoms with Crippen molar-refractivity contribution in [1.29, 1.82) is 0 Å². The summed E-state index contributed by atoms with van der Waals surface area (Å²) in [6.07, 6.45) is 7.44. The van der Waals surface area contributed by atoms with Crippen LogP contribution in [0.2, 0.25) is 0 Å². The molecule has 1 aromatic carbocycles. The van der Waals surface area contributed by atoms with Gasteiger partial charge in [-0.2, -0.15) is 5.10 Å². The molecule has 25 heavy (non-hydrogen) atoms. The fraction of sp³-hybridized carbons (Fsp3) is 0.333. The van der Waals surface area contributed by atoms with Crippen molar-refractivity contribution in [3.05, 3.63) is 36.8 Å². The highest BCUT2D eigenvalue weighted by atomic mass is 16.2. The van der Waals surface area contributed by atoms with Gasteiger partial charge in [0.25, 0.3) is 0 Å². The zero-order valence-corrected chi connectivity index (χ0v) is 14.3. The van der Waals surface area contributed by atoms with Gasteiger partial charge in [0.1, 0.15) is 0 Å². The number of nitrogens with zero attached hydrogens (tertiary/aromatic N) is 5. The van der Waals surface area contributed by atoms with Crippen molar-refractivity contribution in [1.82, 2.24) is 24.6 Å². The molecule has 0 radical (unpaired) electrons. The van der Waals surface area contributed by atoms with Crippen molar-refractivity contribution in [2.24, 2.45) is 7.05 Å². The first kappa shape index (κ1) is 15.7. The summed E-state index contributed by atoms with van der Waals surface area (Å²) in [6.45, 7) is 0.950. The number of carbonyl (C=O) groups is 1. The molecule has 0 spiro atoms. The lowest BCUT2D eigenvalue weighted by Gasteiger charge is -2.17. The first-order valence-electron chi connectivity index (χ1n) is 8.37. The molecule has 0 unspecified atom stereocenters. The summed E-state index contributed by atoms with van der Waals surface area (Å²) >= 11 is 0. The Hall–Kier alpha value is -2.80. The summed E-state index contributed by atoms with van der Waals surface area (Å²) in [5, 5.41) is 7.99. The Labute approximate surface area is 145 Å².